The first kappa shape index (κ1) is 16.1. The van der Waals surface area contributed by atoms with Crippen molar-refractivity contribution in [1.29, 1.82) is 0 Å². The van der Waals surface area contributed by atoms with E-state index >= 15 is 0 Å². The Hall–Kier alpha value is -1.30. The Kier molecular flexibility index (Phi) is 6.29. The summed E-state index contributed by atoms with van der Waals surface area (Å²) >= 11 is 1.43. The molecular formula is C16H24N4S. The molecule has 114 valence electrons. The summed E-state index contributed by atoms with van der Waals surface area (Å²) < 4.78 is 4.44. The van der Waals surface area contributed by atoms with E-state index in [0.717, 1.165) is 49.5 Å². The van der Waals surface area contributed by atoms with Gasteiger partial charge >= 0.3 is 0 Å². The smallest absolute Gasteiger partial charge is 0.147 e. The minimum atomic E-state index is 0.00605. The lowest BCUT2D eigenvalue weighted by Crippen LogP contribution is -2.10. The molecular weight excluding hydrogens is 280 g/mol. The minimum Gasteiger partial charge on any atom is -0.330 e. The van der Waals surface area contributed by atoms with Crippen LogP contribution >= 0.6 is 11.5 Å². The van der Waals surface area contributed by atoms with E-state index in [1.54, 1.807) is 0 Å². The van der Waals surface area contributed by atoms with Crippen molar-refractivity contribution in [2.45, 2.75) is 45.1 Å². The first-order valence-corrected chi connectivity index (χ1v) is 8.30. The fourth-order valence-corrected chi connectivity index (χ4v) is 3.01. The van der Waals surface area contributed by atoms with Crippen LogP contribution in [-0.4, -0.2) is 15.9 Å². The summed E-state index contributed by atoms with van der Waals surface area (Å²) in [4.78, 5) is 4.59. The number of benzene rings is 1. The van der Waals surface area contributed by atoms with Gasteiger partial charge in [-0.2, -0.15) is 4.37 Å². The molecule has 1 aromatic carbocycles. The Morgan fingerprint density at radius 3 is 2.86 bits per heavy atom. The third kappa shape index (κ3) is 5.19. The highest BCUT2D eigenvalue weighted by molar-refractivity contribution is 7.05. The average molecular weight is 304 g/mol. The van der Waals surface area contributed by atoms with Gasteiger partial charge in [-0.05, 0) is 43.4 Å². The molecule has 21 heavy (non-hydrogen) atoms. The van der Waals surface area contributed by atoms with Crippen LogP contribution in [0, 0.1) is 6.92 Å². The standard InChI is InChI=1S/C16H24N4S/c1-12-6-5-7-13(10-12)11-15-19-16(21-20-15)14(18)8-3-2-4-9-17/h5-7,10,14H,2-4,8-9,11,17-18H2,1H3. The van der Waals surface area contributed by atoms with Crippen molar-refractivity contribution < 1.29 is 0 Å². The van der Waals surface area contributed by atoms with Crippen LogP contribution in [0.15, 0.2) is 24.3 Å². The van der Waals surface area contributed by atoms with Gasteiger partial charge in [0.05, 0.1) is 6.04 Å². The van der Waals surface area contributed by atoms with Crippen molar-refractivity contribution in [3.8, 4) is 0 Å². The molecule has 0 bridgehead atoms. The molecule has 0 spiro atoms. The normalized spacial score (nSPS) is 12.5. The number of nitrogens with zero attached hydrogens (tertiary/aromatic N) is 2. The van der Waals surface area contributed by atoms with Gasteiger partial charge in [0.2, 0.25) is 0 Å². The van der Waals surface area contributed by atoms with Gasteiger partial charge in [-0.25, -0.2) is 4.98 Å². The fraction of sp³-hybridized carbons (Fsp3) is 0.500. The quantitative estimate of drug-likeness (QED) is 0.735. The Labute approximate surface area is 130 Å². The SMILES string of the molecule is Cc1cccc(Cc2nsc(C(N)CCCCCN)n2)c1. The van der Waals surface area contributed by atoms with Crippen LogP contribution in [0.3, 0.4) is 0 Å². The molecule has 2 rings (SSSR count). The van der Waals surface area contributed by atoms with Gasteiger partial charge in [0.25, 0.3) is 0 Å². The first-order chi connectivity index (χ1) is 10.2. The molecule has 0 aliphatic rings. The van der Waals surface area contributed by atoms with Crippen LogP contribution in [0.1, 0.15) is 53.7 Å². The number of hydrogen-bond donors (Lipinski definition) is 2. The van der Waals surface area contributed by atoms with Gasteiger partial charge in [0.1, 0.15) is 10.8 Å². The molecule has 1 aromatic heterocycles. The predicted octanol–water partition coefficient (Wildman–Crippen LogP) is 2.96. The molecule has 0 radical (unpaired) electrons. The Morgan fingerprint density at radius 1 is 1.24 bits per heavy atom. The second-order valence-electron chi connectivity index (χ2n) is 5.46. The van der Waals surface area contributed by atoms with E-state index in [-0.39, 0.29) is 6.04 Å². The summed E-state index contributed by atoms with van der Waals surface area (Å²) in [5.41, 5.74) is 14.2. The van der Waals surface area contributed by atoms with Crippen molar-refractivity contribution >= 4 is 11.5 Å². The predicted molar refractivity (Wildman–Crippen MR) is 88.3 cm³/mol. The molecule has 2 aromatic rings. The summed E-state index contributed by atoms with van der Waals surface area (Å²) in [6.07, 6.45) is 5.04. The van der Waals surface area contributed by atoms with Crippen LogP contribution < -0.4 is 11.5 Å². The maximum Gasteiger partial charge on any atom is 0.147 e. The molecule has 0 aliphatic carbocycles. The lowest BCUT2D eigenvalue weighted by molar-refractivity contribution is 0.570. The first-order valence-electron chi connectivity index (χ1n) is 7.52. The third-order valence-corrected chi connectivity index (χ3v) is 4.35. The van der Waals surface area contributed by atoms with E-state index in [1.165, 1.54) is 22.7 Å². The molecule has 0 saturated heterocycles. The summed E-state index contributed by atoms with van der Waals surface area (Å²) in [5.74, 6) is 0.873. The van der Waals surface area contributed by atoms with E-state index in [4.69, 9.17) is 11.5 Å². The molecule has 1 heterocycles. The number of unbranched alkanes of at least 4 members (excludes halogenated alkanes) is 2. The monoisotopic (exact) mass is 304 g/mol. The fourth-order valence-electron chi connectivity index (χ4n) is 2.30. The highest BCUT2D eigenvalue weighted by Gasteiger charge is 2.12. The average Bonchev–Trinajstić information content (AvgIpc) is 2.92. The zero-order valence-corrected chi connectivity index (χ0v) is 13.4. The Bertz CT molecular complexity index is 553. The van der Waals surface area contributed by atoms with Gasteiger partial charge in [0.15, 0.2) is 0 Å². The molecule has 5 heteroatoms. The van der Waals surface area contributed by atoms with Crippen LogP contribution in [0.5, 0.6) is 0 Å². The van der Waals surface area contributed by atoms with Crippen molar-refractivity contribution in [3.63, 3.8) is 0 Å². The molecule has 1 unspecified atom stereocenters. The van der Waals surface area contributed by atoms with Gasteiger partial charge in [0, 0.05) is 6.42 Å². The maximum absolute atomic E-state index is 6.18. The van der Waals surface area contributed by atoms with Crippen LogP contribution in [0.25, 0.3) is 0 Å². The maximum atomic E-state index is 6.18. The minimum absolute atomic E-state index is 0.00605. The van der Waals surface area contributed by atoms with Crippen molar-refractivity contribution in [1.82, 2.24) is 9.36 Å². The van der Waals surface area contributed by atoms with Crippen molar-refractivity contribution in [2.24, 2.45) is 11.5 Å². The molecule has 0 fully saturated rings. The second kappa shape index (κ2) is 8.22. The third-order valence-electron chi connectivity index (χ3n) is 3.46. The summed E-state index contributed by atoms with van der Waals surface area (Å²) in [5, 5.41) is 0.949. The number of aryl methyl sites for hydroxylation is 1. The van der Waals surface area contributed by atoms with E-state index in [0.29, 0.717) is 0 Å². The molecule has 1 atom stereocenters. The lowest BCUT2D eigenvalue weighted by Gasteiger charge is -2.06. The van der Waals surface area contributed by atoms with Gasteiger partial charge in [-0.15, -0.1) is 0 Å². The molecule has 0 amide bonds. The zero-order valence-electron chi connectivity index (χ0n) is 12.6. The van der Waals surface area contributed by atoms with Crippen molar-refractivity contribution in [2.75, 3.05) is 6.54 Å². The van der Waals surface area contributed by atoms with Crippen molar-refractivity contribution in [3.05, 3.63) is 46.2 Å². The van der Waals surface area contributed by atoms with Gasteiger partial charge < -0.3 is 11.5 Å². The van der Waals surface area contributed by atoms with Crippen LogP contribution in [0.2, 0.25) is 0 Å². The second-order valence-corrected chi connectivity index (χ2v) is 6.24. The van der Waals surface area contributed by atoms with Crippen LogP contribution in [0.4, 0.5) is 0 Å². The molecule has 0 saturated carbocycles. The number of hydrogen-bond acceptors (Lipinski definition) is 5. The number of rotatable bonds is 8. The Balaban J connectivity index is 1.88. The number of aromatic nitrogens is 2. The summed E-state index contributed by atoms with van der Waals surface area (Å²) in [7, 11) is 0. The molecule has 4 N–H and O–H groups in total. The lowest BCUT2D eigenvalue weighted by atomic mass is 10.1. The summed E-state index contributed by atoms with van der Waals surface area (Å²) in [6, 6.07) is 8.46. The highest BCUT2D eigenvalue weighted by atomic mass is 32.1. The molecule has 0 aliphatic heterocycles. The van der Waals surface area contributed by atoms with E-state index in [9.17, 15) is 0 Å². The van der Waals surface area contributed by atoms with E-state index in [2.05, 4.69) is 40.5 Å². The largest absolute Gasteiger partial charge is 0.330 e. The summed E-state index contributed by atoms with van der Waals surface area (Å²) in [6.45, 7) is 2.86. The Morgan fingerprint density at radius 2 is 2.10 bits per heavy atom. The van der Waals surface area contributed by atoms with Crippen LogP contribution in [-0.2, 0) is 6.42 Å². The van der Waals surface area contributed by atoms with Gasteiger partial charge in [-0.3, -0.25) is 0 Å². The van der Waals surface area contributed by atoms with Gasteiger partial charge in [-0.1, -0.05) is 42.7 Å². The highest BCUT2D eigenvalue weighted by Crippen LogP contribution is 2.20. The van der Waals surface area contributed by atoms with E-state index < -0.39 is 0 Å². The number of nitrogens with two attached hydrogens (primary N) is 2. The zero-order chi connectivity index (χ0) is 15.1. The molecule has 4 nitrogen and oxygen atoms in total. The topological polar surface area (TPSA) is 77.8 Å². The van der Waals surface area contributed by atoms with E-state index in [1.807, 2.05) is 0 Å².